The lowest BCUT2D eigenvalue weighted by Crippen LogP contribution is -2.48. The SMILES string of the molecule is CN(C)C(=O)c1cccc(-c2ccc3c(c2)[C@H]2[C@H](CCN2C(=O)Nc2cccc(F)c2)[C@@H](CO)N3C)c1. The molecule has 1 fully saturated rings. The van der Waals surface area contributed by atoms with Crippen LogP contribution in [0.1, 0.15) is 28.4 Å². The van der Waals surface area contributed by atoms with Crippen LogP contribution in [-0.2, 0) is 0 Å². The highest BCUT2D eigenvalue weighted by Crippen LogP contribution is 2.49. The van der Waals surface area contributed by atoms with Crippen molar-refractivity contribution in [2.24, 2.45) is 5.92 Å². The molecule has 37 heavy (non-hydrogen) atoms. The summed E-state index contributed by atoms with van der Waals surface area (Å²) in [6, 6.07) is 18.8. The average molecular weight is 503 g/mol. The Bertz CT molecular complexity index is 1340. The van der Waals surface area contributed by atoms with Gasteiger partial charge in [-0.2, -0.15) is 0 Å². The van der Waals surface area contributed by atoms with Gasteiger partial charge in [-0.3, -0.25) is 4.79 Å². The fourth-order valence-electron chi connectivity index (χ4n) is 5.71. The molecule has 7 nitrogen and oxygen atoms in total. The maximum Gasteiger partial charge on any atom is 0.322 e. The molecule has 3 atom stereocenters. The van der Waals surface area contributed by atoms with E-state index < -0.39 is 5.82 Å². The zero-order valence-corrected chi connectivity index (χ0v) is 21.2. The second-order valence-corrected chi connectivity index (χ2v) is 9.95. The number of likely N-dealkylation sites (N-methyl/N-ethyl adjacent to an activating group) is 1. The van der Waals surface area contributed by atoms with E-state index in [1.807, 2.05) is 37.4 Å². The van der Waals surface area contributed by atoms with Gasteiger partial charge in [-0.25, -0.2) is 9.18 Å². The Kier molecular flexibility index (Phi) is 6.60. The van der Waals surface area contributed by atoms with Crippen LogP contribution >= 0.6 is 0 Å². The van der Waals surface area contributed by atoms with Gasteiger partial charge in [0.25, 0.3) is 5.91 Å². The predicted molar refractivity (Wildman–Crippen MR) is 142 cm³/mol. The highest BCUT2D eigenvalue weighted by molar-refractivity contribution is 5.95. The Labute approximate surface area is 216 Å². The molecule has 0 radical (unpaired) electrons. The van der Waals surface area contributed by atoms with Gasteiger partial charge >= 0.3 is 6.03 Å². The number of carbonyl (C=O) groups is 2. The van der Waals surface area contributed by atoms with Crippen molar-refractivity contribution in [2.75, 3.05) is 44.5 Å². The highest BCUT2D eigenvalue weighted by atomic mass is 19.1. The van der Waals surface area contributed by atoms with Crippen LogP contribution < -0.4 is 10.2 Å². The predicted octanol–water partition coefficient (Wildman–Crippen LogP) is 4.60. The largest absolute Gasteiger partial charge is 0.394 e. The van der Waals surface area contributed by atoms with Gasteiger partial charge < -0.3 is 25.1 Å². The number of hydrogen-bond donors (Lipinski definition) is 2. The molecule has 3 amide bonds. The van der Waals surface area contributed by atoms with Crippen LogP contribution in [0.3, 0.4) is 0 Å². The molecule has 8 heteroatoms. The molecule has 0 spiro atoms. The Balaban J connectivity index is 1.53. The summed E-state index contributed by atoms with van der Waals surface area (Å²) in [4.78, 5) is 31.4. The van der Waals surface area contributed by atoms with E-state index in [1.54, 1.807) is 42.1 Å². The van der Waals surface area contributed by atoms with Gasteiger partial charge in [-0.1, -0.05) is 24.3 Å². The number of aliphatic hydroxyl groups excluding tert-OH is 1. The van der Waals surface area contributed by atoms with Crippen LogP contribution in [0.4, 0.5) is 20.6 Å². The quantitative estimate of drug-likeness (QED) is 0.547. The molecule has 3 aromatic rings. The highest BCUT2D eigenvalue weighted by Gasteiger charge is 2.47. The number of amides is 3. The van der Waals surface area contributed by atoms with Crippen LogP contribution in [0, 0.1) is 11.7 Å². The monoisotopic (exact) mass is 502 g/mol. The zero-order chi connectivity index (χ0) is 26.3. The van der Waals surface area contributed by atoms with Crippen molar-refractivity contribution in [2.45, 2.75) is 18.5 Å². The van der Waals surface area contributed by atoms with Crippen LogP contribution in [0.15, 0.2) is 66.7 Å². The molecule has 0 saturated carbocycles. The molecule has 3 aromatic carbocycles. The molecule has 1 saturated heterocycles. The summed E-state index contributed by atoms with van der Waals surface area (Å²) in [5.74, 6) is -0.444. The number of benzene rings is 3. The van der Waals surface area contributed by atoms with Crippen molar-refractivity contribution >= 4 is 23.3 Å². The molecular weight excluding hydrogens is 471 g/mol. The Hall–Kier alpha value is -3.91. The molecule has 0 unspecified atom stereocenters. The molecule has 5 rings (SSSR count). The van der Waals surface area contributed by atoms with Gasteiger partial charge in [0.2, 0.25) is 0 Å². The molecule has 192 valence electrons. The molecule has 2 aliphatic heterocycles. The third-order valence-corrected chi connectivity index (χ3v) is 7.54. The number of nitrogens with zero attached hydrogens (tertiary/aromatic N) is 3. The second kappa shape index (κ2) is 9.86. The maximum absolute atomic E-state index is 13.7. The molecule has 2 heterocycles. The summed E-state index contributed by atoms with van der Waals surface area (Å²) in [6.07, 6.45) is 0.743. The molecule has 2 N–H and O–H groups in total. The van der Waals surface area contributed by atoms with Crippen LogP contribution in [0.5, 0.6) is 0 Å². The van der Waals surface area contributed by atoms with E-state index in [-0.39, 0.29) is 36.5 Å². The first-order chi connectivity index (χ1) is 17.8. The van der Waals surface area contributed by atoms with E-state index >= 15 is 0 Å². The Morgan fingerprint density at radius 2 is 1.81 bits per heavy atom. The third kappa shape index (κ3) is 4.53. The van der Waals surface area contributed by atoms with Gasteiger partial charge in [0.1, 0.15) is 5.82 Å². The first kappa shape index (κ1) is 24.8. The first-order valence-corrected chi connectivity index (χ1v) is 12.4. The Morgan fingerprint density at radius 1 is 1.05 bits per heavy atom. The summed E-state index contributed by atoms with van der Waals surface area (Å²) in [7, 11) is 5.43. The van der Waals surface area contributed by atoms with Gasteiger partial charge in [0.05, 0.1) is 18.7 Å². The lowest BCUT2D eigenvalue weighted by molar-refractivity contribution is 0.0827. The van der Waals surface area contributed by atoms with Gasteiger partial charge in [0, 0.05) is 50.5 Å². The van der Waals surface area contributed by atoms with Crippen LogP contribution in [0.25, 0.3) is 11.1 Å². The number of anilines is 2. The maximum atomic E-state index is 13.7. The van der Waals surface area contributed by atoms with Crippen molar-refractivity contribution in [3.05, 3.63) is 83.7 Å². The number of halogens is 1. The molecule has 0 aromatic heterocycles. The second-order valence-electron chi connectivity index (χ2n) is 9.95. The number of urea groups is 1. The molecular formula is C29H31FN4O3. The number of nitrogens with one attached hydrogen (secondary N) is 1. The number of hydrogen-bond acceptors (Lipinski definition) is 4. The standard InChI is InChI=1S/C29H31FN4O3/c1-32(2)28(36)20-7-4-6-18(14-20)19-10-11-25-24(15-19)27-23(26(17-35)33(25)3)12-13-34(27)29(37)31-22-9-5-8-21(30)16-22/h4-11,14-16,23,26-27,35H,12-13,17H2,1-3H3,(H,31,37)/t23-,26-,27-/m1/s1. The van der Waals surface area contributed by atoms with Crippen molar-refractivity contribution in [1.82, 2.24) is 9.80 Å². The molecule has 0 aliphatic carbocycles. The number of likely N-dealkylation sites (tertiary alicyclic amines) is 1. The summed E-state index contributed by atoms with van der Waals surface area (Å²) in [6.45, 7) is 0.504. The smallest absolute Gasteiger partial charge is 0.322 e. The van der Waals surface area contributed by atoms with Crippen molar-refractivity contribution < 1.29 is 19.1 Å². The summed E-state index contributed by atoms with van der Waals surface area (Å²) >= 11 is 0. The van der Waals surface area contributed by atoms with Crippen molar-refractivity contribution in [3.63, 3.8) is 0 Å². The number of aliphatic hydroxyl groups is 1. The summed E-state index contributed by atoms with van der Waals surface area (Å²) in [5.41, 5.74) is 4.80. The minimum atomic E-state index is -0.415. The van der Waals surface area contributed by atoms with E-state index in [2.05, 4.69) is 16.3 Å². The molecule has 2 aliphatic rings. The van der Waals surface area contributed by atoms with E-state index in [1.165, 1.54) is 12.1 Å². The van der Waals surface area contributed by atoms with Gasteiger partial charge in [0.15, 0.2) is 0 Å². The van der Waals surface area contributed by atoms with Crippen molar-refractivity contribution in [1.29, 1.82) is 0 Å². The normalized spacial score (nSPS) is 20.3. The first-order valence-electron chi connectivity index (χ1n) is 12.4. The fourth-order valence-corrected chi connectivity index (χ4v) is 5.71. The minimum Gasteiger partial charge on any atom is -0.394 e. The number of rotatable bonds is 4. The van der Waals surface area contributed by atoms with E-state index in [0.29, 0.717) is 17.8 Å². The lowest BCUT2D eigenvalue weighted by atomic mass is 9.81. The fraction of sp³-hybridized carbons (Fsp3) is 0.310. The van der Waals surface area contributed by atoms with Crippen LogP contribution in [-0.4, -0.2) is 67.2 Å². The van der Waals surface area contributed by atoms with Gasteiger partial charge in [-0.15, -0.1) is 0 Å². The van der Waals surface area contributed by atoms with Crippen molar-refractivity contribution in [3.8, 4) is 11.1 Å². The van der Waals surface area contributed by atoms with Gasteiger partial charge in [-0.05, 0) is 65.6 Å². The third-order valence-electron chi connectivity index (χ3n) is 7.54. The summed E-state index contributed by atoms with van der Waals surface area (Å²) in [5, 5.41) is 13.1. The van der Waals surface area contributed by atoms with E-state index in [4.69, 9.17) is 0 Å². The average Bonchev–Trinajstić information content (AvgIpc) is 3.33. The van der Waals surface area contributed by atoms with Crippen LogP contribution in [0.2, 0.25) is 0 Å². The topological polar surface area (TPSA) is 76.1 Å². The minimum absolute atomic E-state index is 0.0209. The summed E-state index contributed by atoms with van der Waals surface area (Å²) < 4.78 is 13.7. The zero-order valence-electron chi connectivity index (χ0n) is 21.2. The Morgan fingerprint density at radius 3 is 2.54 bits per heavy atom. The number of fused-ring (bicyclic) bond motifs is 3. The molecule has 0 bridgehead atoms. The lowest BCUT2D eigenvalue weighted by Gasteiger charge is -2.44. The van der Waals surface area contributed by atoms with E-state index in [0.717, 1.165) is 28.8 Å². The van der Waals surface area contributed by atoms with E-state index in [9.17, 15) is 19.1 Å². The number of carbonyl (C=O) groups excluding carboxylic acids is 2.